The van der Waals surface area contributed by atoms with Gasteiger partial charge in [0.25, 0.3) is 0 Å². The van der Waals surface area contributed by atoms with Crippen LogP contribution in [0.3, 0.4) is 0 Å². The standard InChI is InChI=1S/C12H16Br2N2.ClH/c13-10-5-9(6-11(14)7-10)12(15)8-1-3-16-4-2-8;/h5-8,12,16H,1-4,15H2;1H/t12-;/m1./s1. The van der Waals surface area contributed by atoms with Crippen LogP contribution >= 0.6 is 44.3 Å². The highest BCUT2D eigenvalue weighted by Crippen LogP contribution is 2.30. The first kappa shape index (κ1) is 15.4. The van der Waals surface area contributed by atoms with Gasteiger partial charge in [-0.3, -0.25) is 0 Å². The van der Waals surface area contributed by atoms with Crippen LogP contribution in [-0.2, 0) is 0 Å². The van der Waals surface area contributed by atoms with Crippen LogP contribution in [0.1, 0.15) is 24.4 Å². The van der Waals surface area contributed by atoms with E-state index in [1.54, 1.807) is 0 Å². The number of benzene rings is 1. The van der Waals surface area contributed by atoms with Crippen molar-refractivity contribution in [1.82, 2.24) is 5.32 Å². The Morgan fingerprint density at radius 3 is 2.18 bits per heavy atom. The summed E-state index contributed by atoms with van der Waals surface area (Å²) in [6.07, 6.45) is 2.34. The van der Waals surface area contributed by atoms with Crippen molar-refractivity contribution < 1.29 is 0 Å². The predicted octanol–water partition coefficient (Wildman–Crippen LogP) is 3.63. The third-order valence-electron chi connectivity index (χ3n) is 3.16. The molecule has 1 aromatic rings. The summed E-state index contributed by atoms with van der Waals surface area (Å²) < 4.78 is 2.17. The molecule has 0 spiro atoms. The van der Waals surface area contributed by atoms with E-state index in [0.717, 1.165) is 22.0 Å². The Morgan fingerprint density at radius 2 is 1.65 bits per heavy atom. The minimum atomic E-state index is 0. The molecular weight excluding hydrogens is 367 g/mol. The van der Waals surface area contributed by atoms with Gasteiger partial charge in [-0.25, -0.2) is 0 Å². The van der Waals surface area contributed by atoms with Crippen molar-refractivity contribution in [3.05, 3.63) is 32.7 Å². The van der Waals surface area contributed by atoms with E-state index >= 15 is 0 Å². The molecule has 0 radical (unpaired) electrons. The summed E-state index contributed by atoms with van der Waals surface area (Å²) in [4.78, 5) is 0. The average molecular weight is 385 g/mol. The van der Waals surface area contributed by atoms with Crippen molar-refractivity contribution in [3.8, 4) is 0 Å². The number of nitrogens with one attached hydrogen (secondary N) is 1. The Hall–Kier alpha value is 0.390. The van der Waals surface area contributed by atoms with Crippen LogP contribution in [0.15, 0.2) is 27.1 Å². The highest BCUT2D eigenvalue weighted by Gasteiger charge is 2.21. The smallest absolute Gasteiger partial charge is 0.0325 e. The normalized spacial score (nSPS) is 18.5. The number of hydrogen-bond acceptors (Lipinski definition) is 2. The number of hydrogen-bond donors (Lipinski definition) is 2. The number of nitrogens with two attached hydrogens (primary N) is 1. The fourth-order valence-corrected chi connectivity index (χ4v) is 3.57. The van der Waals surface area contributed by atoms with Gasteiger partial charge in [0.05, 0.1) is 0 Å². The second-order valence-corrected chi connectivity index (χ2v) is 6.15. The van der Waals surface area contributed by atoms with E-state index in [2.05, 4.69) is 49.3 Å². The summed E-state index contributed by atoms with van der Waals surface area (Å²) in [5.41, 5.74) is 7.55. The summed E-state index contributed by atoms with van der Waals surface area (Å²) in [5, 5.41) is 3.37. The van der Waals surface area contributed by atoms with Gasteiger partial charge < -0.3 is 11.1 Å². The predicted molar refractivity (Wildman–Crippen MR) is 81.6 cm³/mol. The van der Waals surface area contributed by atoms with Crippen LogP contribution < -0.4 is 11.1 Å². The third-order valence-corrected chi connectivity index (χ3v) is 4.08. The van der Waals surface area contributed by atoms with Crippen LogP contribution in [0.2, 0.25) is 0 Å². The maximum Gasteiger partial charge on any atom is 0.0325 e. The van der Waals surface area contributed by atoms with E-state index in [4.69, 9.17) is 5.73 Å². The maximum absolute atomic E-state index is 6.34. The zero-order chi connectivity index (χ0) is 11.5. The van der Waals surface area contributed by atoms with Crippen LogP contribution in [0, 0.1) is 5.92 Å². The molecule has 1 saturated heterocycles. The Kier molecular flexibility index (Phi) is 6.45. The highest BCUT2D eigenvalue weighted by molar-refractivity contribution is 9.11. The lowest BCUT2D eigenvalue weighted by Crippen LogP contribution is -2.33. The number of rotatable bonds is 2. The van der Waals surface area contributed by atoms with Crippen LogP contribution in [0.25, 0.3) is 0 Å². The van der Waals surface area contributed by atoms with E-state index in [1.165, 1.54) is 18.4 Å². The topological polar surface area (TPSA) is 38.0 Å². The summed E-state index contributed by atoms with van der Waals surface area (Å²) in [7, 11) is 0. The highest BCUT2D eigenvalue weighted by atomic mass is 79.9. The lowest BCUT2D eigenvalue weighted by molar-refractivity contribution is 0.322. The van der Waals surface area contributed by atoms with Crippen LogP contribution in [-0.4, -0.2) is 13.1 Å². The summed E-state index contributed by atoms with van der Waals surface area (Å²) in [5.74, 6) is 0.599. The van der Waals surface area contributed by atoms with Crippen molar-refractivity contribution in [2.45, 2.75) is 18.9 Å². The zero-order valence-corrected chi connectivity index (χ0v) is 13.4. The van der Waals surface area contributed by atoms with E-state index in [1.807, 2.05) is 6.07 Å². The summed E-state index contributed by atoms with van der Waals surface area (Å²) >= 11 is 7.01. The first-order valence-corrected chi connectivity index (χ1v) is 7.17. The van der Waals surface area contributed by atoms with E-state index < -0.39 is 0 Å². The van der Waals surface area contributed by atoms with Crippen molar-refractivity contribution in [3.63, 3.8) is 0 Å². The third kappa shape index (κ3) is 4.21. The van der Waals surface area contributed by atoms with Crippen molar-refractivity contribution in [2.24, 2.45) is 11.7 Å². The van der Waals surface area contributed by atoms with Gasteiger partial charge in [-0.1, -0.05) is 31.9 Å². The second kappa shape index (κ2) is 7.10. The number of piperidine rings is 1. The summed E-state index contributed by atoms with van der Waals surface area (Å²) in [6.45, 7) is 2.18. The molecule has 0 aromatic heterocycles. The Morgan fingerprint density at radius 1 is 1.12 bits per heavy atom. The van der Waals surface area contributed by atoms with E-state index in [-0.39, 0.29) is 18.4 Å². The SMILES string of the molecule is Cl.N[C@@H](c1cc(Br)cc(Br)c1)C1CCNCC1. The molecule has 1 aliphatic rings. The largest absolute Gasteiger partial charge is 0.324 e. The lowest BCUT2D eigenvalue weighted by atomic mass is 9.87. The molecule has 0 unspecified atom stereocenters. The fourth-order valence-electron chi connectivity index (χ4n) is 2.24. The van der Waals surface area contributed by atoms with Gasteiger partial charge >= 0.3 is 0 Å². The first-order chi connectivity index (χ1) is 7.66. The molecule has 3 N–H and O–H groups in total. The molecule has 17 heavy (non-hydrogen) atoms. The quantitative estimate of drug-likeness (QED) is 0.817. The second-order valence-electron chi connectivity index (χ2n) is 4.32. The molecule has 0 aliphatic carbocycles. The fraction of sp³-hybridized carbons (Fsp3) is 0.500. The molecule has 96 valence electrons. The number of halogens is 3. The molecule has 1 fully saturated rings. The van der Waals surface area contributed by atoms with Gasteiger partial charge in [0, 0.05) is 15.0 Å². The van der Waals surface area contributed by atoms with Crippen LogP contribution in [0.5, 0.6) is 0 Å². The van der Waals surface area contributed by atoms with Crippen molar-refractivity contribution in [2.75, 3.05) is 13.1 Å². The molecule has 1 aliphatic heterocycles. The Labute approximate surface area is 125 Å². The monoisotopic (exact) mass is 382 g/mol. The van der Waals surface area contributed by atoms with Gasteiger partial charge in [-0.2, -0.15) is 0 Å². The molecule has 5 heteroatoms. The van der Waals surface area contributed by atoms with Crippen molar-refractivity contribution in [1.29, 1.82) is 0 Å². The van der Waals surface area contributed by atoms with Crippen molar-refractivity contribution >= 4 is 44.3 Å². The zero-order valence-electron chi connectivity index (χ0n) is 9.46. The minimum Gasteiger partial charge on any atom is -0.324 e. The van der Waals surface area contributed by atoms with Gasteiger partial charge in [0.15, 0.2) is 0 Å². The maximum atomic E-state index is 6.34. The summed E-state index contributed by atoms with van der Waals surface area (Å²) in [6, 6.07) is 6.43. The molecular formula is C12H17Br2ClN2. The van der Waals surface area contributed by atoms with Crippen LogP contribution in [0.4, 0.5) is 0 Å². The first-order valence-electron chi connectivity index (χ1n) is 5.59. The Balaban J connectivity index is 0.00000144. The molecule has 0 saturated carbocycles. The Bertz CT molecular complexity index is 347. The van der Waals surface area contributed by atoms with Gasteiger partial charge in [0.2, 0.25) is 0 Å². The van der Waals surface area contributed by atoms with Gasteiger partial charge in [-0.15, -0.1) is 12.4 Å². The molecule has 1 aromatic carbocycles. The molecule has 2 rings (SSSR count). The van der Waals surface area contributed by atoms with E-state index in [9.17, 15) is 0 Å². The molecule has 2 nitrogen and oxygen atoms in total. The molecule has 1 atom stereocenters. The van der Waals surface area contributed by atoms with Gasteiger partial charge in [0.1, 0.15) is 0 Å². The minimum absolute atomic E-state index is 0. The molecule has 1 heterocycles. The molecule has 0 bridgehead atoms. The lowest BCUT2D eigenvalue weighted by Gasteiger charge is -2.28. The van der Waals surface area contributed by atoms with Gasteiger partial charge in [-0.05, 0) is 55.6 Å². The average Bonchev–Trinajstić information content (AvgIpc) is 2.28. The molecule has 0 amide bonds. The van der Waals surface area contributed by atoms with E-state index in [0.29, 0.717) is 5.92 Å².